The molecule has 0 aliphatic carbocycles. The molecule has 1 aromatic carbocycles. The molecule has 0 saturated carbocycles. The van der Waals surface area contributed by atoms with Crippen LogP contribution in [0.25, 0.3) is 0 Å². The molecule has 2 rings (SSSR count). The first-order valence-electron chi connectivity index (χ1n) is 7.10. The summed E-state index contributed by atoms with van der Waals surface area (Å²) in [6, 6.07) is 8.69. The first-order chi connectivity index (χ1) is 9.60. The second kappa shape index (κ2) is 6.86. The molecule has 1 atom stereocenters. The van der Waals surface area contributed by atoms with Gasteiger partial charge in [0.1, 0.15) is 0 Å². The van der Waals surface area contributed by atoms with Gasteiger partial charge in [0.2, 0.25) is 0 Å². The largest absolute Gasteiger partial charge is 0.467 e. The number of carbonyl (C=O) groups excluding carboxylic acids is 1. The van der Waals surface area contributed by atoms with E-state index in [1.807, 2.05) is 0 Å². The summed E-state index contributed by atoms with van der Waals surface area (Å²) < 4.78 is 10.2. The number of hydrogen-bond donors (Lipinski definition) is 0. The second-order valence-corrected chi connectivity index (χ2v) is 5.51. The minimum absolute atomic E-state index is 0.287. The lowest BCUT2D eigenvalue weighted by Crippen LogP contribution is -2.46. The van der Waals surface area contributed by atoms with Crippen LogP contribution in [-0.2, 0) is 20.8 Å². The quantitative estimate of drug-likeness (QED) is 0.791. The third-order valence-corrected chi connectivity index (χ3v) is 3.67. The Balaban J connectivity index is 1.94. The van der Waals surface area contributed by atoms with Gasteiger partial charge in [0, 0.05) is 19.6 Å². The Morgan fingerprint density at radius 3 is 2.70 bits per heavy atom. The van der Waals surface area contributed by atoms with Crippen molar-refractivity contribution in [2.24, 2.45) is 0 Å². The average Bonchev–Trinajstić information content (AvgIpc) is 2.47. The molecule has 1 heterocycles. The number of rotatable bonds is 4. The Kier molecular flexibility index (Phi) is 5.15. The van der Waals surface area contributed by atoms with Crippen molar-refractivity contribution in [1.29, 1.82) is 0 Å². The maximum Gasteiger partial charge on any atom is 0.336 e. The highest BCUT2D eigenvalue weighted by molar-refractivity contribution is 5.74. The zero-order valence-corrected chi connectivity index (χ0v) is 12.5. The van der Waals surface area contributed by atoms with Crippen LogP contribution in [0.1, 0.15) is 30.9 Å². The van der Waals surface area contributed by atoms with Gasteiger partial charge in [-0.2, -0.15) is 0 Å². The molecule has 1 fully saturated rings. The van der Waals surface area contributed by atoms with E-state index in [4.69, 9.17) is 9.47 Å². The number of nitrogens with zero attached hydrogens (tertiary/aromatic N) is 1. The third kappa shape index (κ3) is 3.81. The average molecular weight is 277 g/mol. The Hall–Kier alpha value is -1.39. The van der Waals surface area contributed by atoms with Crippen LogP contribution in [0.5, 0.6) is 0 Å². The van der Waals surface area contributed by atoms with Crippen molar-refractivity contribution in [2.75, 3.05) is 26.8 Å². The molecule has 0 radical (unpaired) electrons. The zero-order chi connectivity index (χ0) is 14.5. The topological polar surface area (TPSA) is 38.8 Å². The van der Waals surface area contributed by atoms with Crippen LogP contribution in [0.15, 0.2) is 24.3 Å². The van der Waals surface area contributed by atoms with Crippen LogP contribution < -0.4 is 0 Å². The van der Waals surface area contributed by atoms with Gasteiger partial charge >= 0.3 is 5.97 Å². The fraction of sp³-hybridized carbons (Fsp3) is 0.562. The molecule has 4 heteroatoms. The van der Waals surface area contributed by atoms with Gasteiger partial charge in [-0.1, -0.05) is 38.1 Å². The van der Waals surface area contributed by atoms with Gasteiger partial charge in [-0.05, 0) is 17.0 Å². The first kappa shape index (κ1) is 15.0. The highest BCUT2D eigenvalue weighted by atomic mass is 16.6. The van der Waals surface area contributed by atoms with Gasteiger partial charge in [-0.25, -0.2) is 4.79 Å². The molecule has 20 heavy (non-hydrogen) atoms. The fourth-order valence-electron chi connectivity index (χ4n) is 2.39. The number of benzene rings is 1. The number of esters is 1. The minimum atomic E-state index is -0.455. The Morgan fingerprint density at radius 2 is 2.10 bits per heavy atom. The van der Waals surface area contributed by atoms with Gasteiger partial charge in [0.05, 0.1) is 13.7 Å². The van der Waals surface area contributed by atoms with E-state index < -0.39 is 6.10 Å². The summed E-state index contributed by atoms with van der Waals surface area (Å²) in [7, 11) is 1.40. The van der Waals surface area contributed by atoms with Gasteiger partial charge in [0.15, 0.2) is 6.10 Å². The highest BCUT2D eigenvalue weighted by Crippen LogP contribution is 2.16. The molecular formula is C16H23NO3. The van der Waals surface area contributed by atoms with Gasteiger partial charge in [-0.15, -0.1) is 0 Å². The number of hydrogen-bond acceptors (Lipinski definition) is 4. The first-order valence-corrected chi connectivity index (χ1v) is 7.10. The number of morpholine rings is 1. The van der Waals surface area contributed by atoms with Crippen molar-refractivity contribution >= 4 is 5.97 Å². The lowest BCUT2D eigenvalue weighted by molar-refractivity contribution is -0.160. The number of ether oxygens (including phenoxy) is 2. The lowest BCUT2D eigenvalue weighted by Gasteiger charge is -2.31. The predicted molar refractivity (Wildman–Crippen MR) is 77.6 cm³/mol. The minimum Gasteiger partial charge on any atom is -0.467 e. The summed E-state index contributed by atoms with van der Waals surface area (Å²) in [5.74, 6) is 0.265. The van der Waals surface area contributed by atoms with Crippen molar-refractivity contribution in [2.45, 2.75) is 32.4 Å². The number of methoxy groups -OCH3 is 1. The van der Waals surface area contributed by atoms with Crippen molar-refractivity contribution in [3.05, 3.63) is 35.4 Å². The Morgan fingerprint density at radius 1 is 1.40 bits per heavy atom. The summed E-state index contributed by atoms with van der Waals surface area (Å²) in [4.78, 5) is 13.7. The van der Waals surface area contributed by atoms with E-state index in [-0.39, 0.29) is 5.97 Å². The van der Waals surface area contributed by atoms with Gasteiger partial charge in [-0.3, -0.25) is 4.90 Å². The van der Waals surface area contributed by atoms with E-state index in [1.54, 1.807) is 0 Å². The van der Waals surface area contributed by atoms with E-state index in [1.165, 1.54) is 18.2 Å². The standard InChI is InChI=1S/C16H23NO3/c1-12(2)14-6-4-13(5-7-14)10-17-8-9-20-15(11-17)16(18)19-3/h4-7,12,15H,8-11H2,1-3H3. The Bertz CT molecular complexity index is 442. The summed E-state index contributed by atoms with van der Waals surface area (Å²) in [5.41, 5.74) is 2.61. The predicted octanol–water partition coefficient (Wildman–Crippen LogP) is 2.18. The normalized spacial score (nSPS) is 20.1. The summed E-state index contributed by atoms with van der Waals surface area (Å²) in [6.07, 6.45) is -0.455. The fourth-order valence-corrected chi connectivity index (χ4v) is 2.39. The van der Waals surface area contributed by atoms with Crippen LogP contribution in [0, 0.1) is 0 Å². The van der Waals surface area contributed by atoms with E-state index in [2.05, 4.69) is 43.0 Å². The van der Waals surface area contributed by atoms with Crippen molar-refractivity contribution in [3.8, 4) is 0 Å². The molecule has 0 spiro atoms. The second-order valence-electron chi connectivity index (χ2n) is 5.51. The molecular weight excluding hydrogens is 254 g/mol. The summed E-state index contributed by atoms with van der Waals surface area (Å²) in [5, 5.41) is 0. The molecule has 110 valence electrons. The van der Waals surface area contributed by atoms with Crippen LogP contribution >= 0.6 is 0 Å². The van der Waals surface area contributed by atoms with Crippen molar-refractivity contribution in [3.63, 3.8) is 0 Å². The molecule has 1 aliphatic rings. The number of carbonyl (C=O) groups is 1. The van der Waals surface area contributed by atoms with Gasteiger partial charge in [0.25, 0.3) is 0 Å². The molecule has 0 bridgehead atoms. The van der Waals surface area contributed by atoms with Crippen LogP contribution in [-0.4, -0.2) is 43.8 Å². The van der Waals surface area contributed by atoms with E-state index in [0.717, 1.165) is 13.1 Å². The van der Waals surface area contributed by atoms with E-state index in [9.17, 15) is 4.79 Å². The zero-order valence-electron chi connectivity index (χ0n) is 12.5. The smallest absolute Gasteiger partial charge is 0.336 e. The molecule has 0 N–H and O–H groups in total. The van der Waals surface area contributed by atoms with E-state index >= 15 is 0 Å². The molecule has 1 aromatic rings. The van der Waals surface area contributed by atoms with Crippen molar-refractivity contribution in [1.82, 2.24) is 4.90 Å². The SMILES string of the molecule is COC(=O)C1CN(Cc2ccc(C(C)C)cc2)CCO1. The maximum absolute atomic E-state index is 11.5. The Labute approximate surface area is 120 Å². The maximum atomic E-state index is 11.5. The van der Waals surface area contributed by atoms with Crippen LogP contribution in [0.3, 0.4) is 0 Å². The van der Waals surface area contributed by atoms with Crippen LogP contribution in [0.4, 0.5) is 0 Å². The van der Waals surface area contributed by atoms with Crippen molar-refractivity contribution < 1.29 is 14.3 Å². The van der Waals surface area contributed by atoms with Crippen LogP contribution in [0.2, 0.25) is 0 Å². The monoisotopic (exact) mass is 277 g/mol. The van der Waals surface area contributed by atoms with Gasteiger partial charge < -0.3 is 9.47 Å². The molecule has 1 aliphatic heterocycles. The molecule has 0 aromatic heterocycles. The third-order valence-electron chi connectivity index (χ3n) is 3.67. The molecule has 4 nitrogen and oxygen atoms in total. The molecule has 1 saturated heterocycles. The van der Waals surface area contributed by atoms with E-state index in [0.29, 0.717) is 19.1 Å². The lowest BCUT2D eigenvalue weighted by atomic mass is 10.0. The highest BCUT2D eigenvalue weighted by Gasteiger charge is 2.27. The molecule has 1 unspecified atom stereocenters. The molecule has 0 amide bonds. The summed E-state index contributed by atoms with van der Waals surface area (Å²) >= 11 is 0. The summed E-state index contributed by atoms with van der Waals surface area (Å²) in [6.45, 7) is 7.24.